The van der Waals surface area contributed by atoms with Crippen molar-refractivity contribution >= 4 is 27.3 Å². The molecule has 0 aliphatic heterocycles. The van der Waals surface area contributed by atoms with Gasteiger partial charge in [-0.3, -0.25) is 0 Å². The van der Waals surface area contributed by atoms with Crippen molar-refractivity contribution < 1.29 is 8.78 Å². The average molecular weight is 346 g/mol. The number of hydrogen-bond acceptors (Lipinski definition) is 2. The summed E-state index contributed by atoms with van der Waals surface area (Å²) in [5.41, 5.74) is 1.54. The Morgan fingerprint density at radius 1 is 1.37 bits per heavy atom. The van der Waals surface area contributed by atoms with Crippen LogP contribution in [0.1, 0.15) is 22.0 Å². The Morgan fingerprint density at radius 2 is 2.11 bits per heavy atom. The highest BCUT2D eigenvalue weighted by molar-refractivity contribution is 9.11. The van der Waals surface area contributed by atoms with Crippen molar-refractivity contribution in [2.45, 2.75) is 19.4 Å². The largest absolute Gasteiger partial charge is 0.312 e. The summed E-state index contributed by atoms with van der Waals surface area (Å²) in [6.07, 6.45) is 0.423. The van der Waals surface area contributed by atoms with Crippen LogP contribution in [0.15, 0.2) is 28.1 Å². The zero-order valence-electron chi connectivity index (χ0n) is 10.6. The van der Waals surface area contributed by atoms with E-state index in [1.807, 2.05) is 14.0 Å². The van der Waals surface area contributed by atoms with Gasteiger partial charge in [0.2, 0.25) is 0 Å². The number of benzene rings is 1. The minimum Gasteiger partial charge on any atom is -0.312 e. The molecule has 1 aromatic heterocycles. The maximum absolute atomic E-state index is 13.7. The molecule has 1 nitrogen and oxygen atoms in total. The first kappa shape index (κ1) is 14.6. The van der Waals surface area contributed by atoms with Gasteiger partial charge in [0.25, 0.3) is 0 Å². The fraction of sp³-hybridized carbons (Fsp3) is 0.286. The number of thiophene rings is 1. The fourth-order valence-electron chi connectivity index (χ4n) is 1.93. The van der Waals surface area contributed by atoms with Crippen LogP contribution in [0, 0.1) is 18.6 Å². The van der Waals surface area contributed by atoms with Gasteiger partial charge in [-0.05, 0) is 59.6 Å². The molecule has 102 valence electrons. The van der Waals surface area contributed by atoms with Gasteiger partial charge in [0.15, 0.2) is 11.6 Å². The molecule has 0 aliphatic rings. The highest BCUT2D eigenvalue weighted by Gasteiger charge is 2.17. The summed E-state index contributed by atoms with van der Waals surface area (Å²) in [6, 6.07) is 6.34. The SMILES string of the molecule is CNC(Cc1cccc(F)c1F)c1cc(C)c(Br)s1. The predicted octanol–water partition coefficient (Wildman–Crippen LogP) is 4.60. The molecule has 0 amide bonds. The van der Waals surface area contributed by atoms with E-state index in [1.165, 1.54) is 6.07 Å². The van der Waals surface area contributed by atoms with Crippen LogP contribution in [0.4, 0.5) is 8.78 Å². The third kappa shape index (κ3) is 3.22. The van der Waals surface area contributed by atoms with E-state index in [0.717, 1.165) is 20.3 Å². The minimum absolute atomic E-state index is 0.0219. The van der Waals surface area contributed by atoms with E-state index >= 15 is 0 Å². The van der Waals surface area contributed by atoms with Crippen LogP contribution >= 0.6 is 27.3 Å². The highest BCUT2D eigenvalue weighted by Crippen LogP contribution is 2.33. The third-order valence-electron chi connectivity index (χ3n) is 3.02. The van der Waals surface area contributed by atoms with Crippen LogP contribution < -0.4 is 5.32 Å². The molecule has 1 aromatic carbocycles. The van der Waals surface area contributed by atoms with Crippen molar-refractivity contribution in [2.24, 2.45) is 0 Å². The maximum atomic E-state index is 13.7. The molecule has 0 saturated carbocycles. The molecule has 2 aromatic rings. The normalized spacial score (nSPS) is 12.7. The first-order chi connectivity index (χ1) is 9.02. The van der Waals surface area contributed by atoms with Crippen molar-refractivity contribution in [1.82, 2.24) is 5.32 Å². The van der Waals surface area contributed by atoms with Gasteiger partial charge >= 0.3 is 0 Å². The molecule has 0 bridgehead atoms. The second kappa shape index (κ2) is 6.11. The monoisotopic (exact) mass is 345 g/mol. The van der Waals surface area contributed by atoms with Crippen molar-refractivity contribution in [3.05, 3.63) is 55.7 Å². The summed E-state index contributed by atoms with van der Waals surface area (Å²) >= 11 is 5.10. The zero-order valence-corrected chi connectivity index (χ0v) is 13.0. The van der Waals surface area contributed by atoms with E-state index in [2.05, 4.69) is 27.3 Å². The molecular weight excluding hydrogens is 332 g/mol. The molecule has 1 unspecified atom stereocenters. The topological polar surface area (TPSA) is 12.0 Å². The van der Waals surface area contributed by atoms with E-state index < -0.39 is 11.6 Å². The van der Waals surface area contributed by atoms with Gasteiger partial charge in [0.05, 0.1) is 3.79 Å². The smallest absolute Gasteiger partial charge is 0.162 e. The molecular formula is C14H14BrF2NS. The van der Waals surface area contributed by atoms with Crippen molar-refractivity contribution in [3.8, 4) is 0 Å². The number of nitrogens with one attached hydrogen (secondary N) is 1. The first-order valence-electron chi connectivity index (χ1n) is 5.89. The number of hydrogen-bond donors (Lipinski definition) is 1. The molecule has 19 heavy (non-hydrogen) atoms. The van der Waals surface area contributed by atoms with Gasteiger partial charge in [-0.2, -0.15) is 0 Å². The summed E-state index contributed by atoms with van der Waals surface area (Å²) < 4.78 is 28.0. The Morgan fingerprint density at radius 3 is 2.68 bits per heavy atom. The summed E-state index contributed by atoms with van der Waals surface area (Å²) in [6.45, 7) is 2.01. The standard InChI is InChI=1S/C14H14BrF2NS/c1-8-6-12(19-14(8)15)11(18-2)7-9-4-3-5-10(16)13(9)17/h3-6,11,18H,7H2,1-2H3. The second-order valence-corrected chi connectivity index (χ2v) is 6.77. The molecule has 0 saturated heterocycles. The van der Waals surface area contributed by atoms with E-state index in [-0.39, 0.29) is 6.04 Å². The maximum Gasteiger partial charge on any atom is 0.162 e. The Balaban J connectivity index is 2.26. The molecule has 1 heterocycles. The van der Waals surface area contributed by atoms with Crippen molar-refractivity contribution in [3.63, 3.8) is 0 Å². The summed E-state index contributed by atoms with van der Waals surface area (Å²) in [4.78, 5) is 1.11. The van der Waals surface area contributed by atoms with Crippen LogP contribution in [0.2, 0.25) is 0 Å². The molecule has 2 rings (SSSR count). The Kier molecular flexibility index (Phi) is 4.71. The van der Waals surface area contributed by atoms with Crippen LogP contribution in [-0.4, -0.2) is 7.05 Å². The van der Waals surface area contributed by atoms with E-state index in [1.54, 1.807) is 17.4 Å². The molecule has 0 aliphatic carbocycles. The third-order valence-corrected chi connectivity index (χ3v) is 5.27. The molecule has 0 spiro atoms. The van der Waals surface area contributed by atoms with Gasteiger partial charge < -0.3 is 5.32 Å². The van der Waals surface area contributed by atoms with Crippen LogP contribution in [-0.2, 0) is 6.42 Å². The van der Waals surface area contributed by atoms with E-state index in [4.69, 9.17) is 0 Å². The van der Waals surface area contributed by atoms with Crippen molar-refractivity contribution in [2.75, 3.05) is 7.05 Å². The van der Waals surface area contributed by atoms with Crippen molar-refractivity contribution in [1.29, 1.82) is 0 Å². The lowest BCUT2D eigenvalue weighted by atomic mass is 10.0. The molecule has 1 atom stereocenters. The first-order valence-corrected chi connectivity index (χ1v) is 7.50. The fourth-order valence-corrected chi connectivity index (χ4v) is 3.61. The number of rotatable bonds is 4. The summed E-state index contributed by atoms with van der Waals surface area (Å²) in [5.74, 6) is -1.55. The molecule has 0 radical (unpaired) electrons. The number of halogens is 3. The lowest BCUT2D eigenvalue weighted by molar-refractivity contribution is 0.488. The summed E-state index contributed by atoms with van der Waals surface area (Å²) in [7, 11) is 1.82. The van der Waals surface area contributed by atoms with Gasteiger partial charge in [0.1, 0.15) is 0 Å². The lowest BCUT2D eigenvalue weighted by Crippen LogP contribution is -2.18. The van der Waals surface area contributed by atoms with Gasteiger partial charge in [-0.25, -0.2) is 8.78 Å². The summed E-state index contributed by atoms with van der Waals surface area (Å²) in [5, 5.41) is 3.15. The molecule has 0 fully saturated rings. The Labute approximate surface area is 123 Å². The van der Waals surface area contributed by atoms with Crippen LogP contribution in [0.5, 0.6) is 0 Å². The Bertz CT molecular complexity index is 563. The lowest BCUT2D eigenvalue weighted by Gasteiger charge is -2.15. The predicted molar refractivity (Wildman–Crippen MR) is 78.6 cm³/mol. The number of aryl methyl sites for hydroxylation is 1. The van der Waals surface area contributed by atoms with Gasteiger partial charge in [-0.15, -0.1) is 11.3 Å². The van der Waals surface area contributed by atoms with Crippen LogP contribution in [0.25, 0.3) is 0 Å². The molecule has 1 N–H and O–H groups in total. The highest BCUT2D eigenvalue weighted by atomic mass is 79.9. The Hall–Kier alpha value is -0.780. The van der Waals surface area contributed by atoms with E-state index in [0.29, 0.717) is 12.0 Å². The quantitative estimate of drug-likeness (QED) is 0.853. The second-order valence-electron chi connectivity index (χ2n) is 4.36. The van der Waals surface area contributed by atoms with Gasteiger partial charge in [0, 0.05) is 10.9 Å². The molecule has 5 heteroatoms. The minimum atomic E-state index is -0.795. The zero-order chi connectivity index (χ0) is 14.0. The van der Waals surface area contributed by atoms with Crippen LogP contribution in [0.3, 0.4) is 0 Å². The van der Waals surface area contributed by atoms with E-state index in [9.17, 15) is 8.78 Å². The number of likely N-dealkylation sites (N-methyl/N-ethyl adjacent to an activating group) is 1. The van der Waals surface area contributed by atoms with Gasteiger partial charge in [-0.1, -0.05) is 12.1 Å². The average Bonchev–Trinajstić information content (AvgIpc) is 2.71.